The molecule has 1 unspecified atom stereocenters. The fourth-order valence-corrected chi connectivity index (χ4v) is 4.22. The van der Waals surface area contributed by atoms with Crippen molar-refractivity contribution in [3.8, 4) is 0 Å². The van der Waals surface area contributed by atoms with E-state index in [1.54, 1.807) is 24.0 Å². The SMILES string of the molecule is CCSc1ccc(NC(=O)c2cnn3c2CC(CNC(C)=O)CC3)cc1Cl. The highest BCUT2D eigenvalue weighted by molar-refractivity contribution is 7.99. The molecule has 0 radical (unpaired) electrons. The largest absolute Gasteiger partial charge is 0.356 e. The number of anilines is 1. The van der Waals surface area contributed by atoms with Crippen molar-refractivity contribution < 1.29 is 9.59 Å². The maximum absolute atomic E-state index is 12.8. The predicted molar refractivity (Wildman–Crippen MR) is 109 cm³/mol. The van der Waals surface area contributed by atoms with Crippen LogP contribution in [0, 0.1) is 5.92 Å². The molecule has 144 valence electrons. The second-order valence-electron chi connectivity index (χ2n) is 6.56. The summed E-state index contributed by atoms with van der Waals surface area (Å²) in [5.74, 6) is 1.02. The van der Waals surface area contributed by atoms with Crippen LogP contribution in [0.15, 0.2) is 29.3 Å². The molecule has 1 aliphatic rings. The molecule has 0 spiro atoms. The van der Waals surface area contributed by atoms with Crippen LogP contribution < -0.4 is 10.6 Å². The van der Waals surface area contributed by atoms with Gasteiger partial charge < -0.3 is 10.6 Å². The lowest BCUT2D eigenvalue weighted by molar-refractivity contribution is -0.119. The number of halogens is 1. The van der Waals surface area contributed by atoms with Crippen LogP contribution >= 0.6 is 23.4 Å². The molecule has 2 aromatic rings. The third-order valence-electron chi connectivity index (χ3n) is 4.55. The van der Waals surface area contributed by atoms with Crippen molar-refractivity contribution >= 4 is 40.9 Å². The Bertz CT molecular complexity index is 852. The number of carbonyl (C=O) groups excluding carboxylic acids is 2. The van der Waals surface area contributed by atoms with E-state index in [4.69, 9.17) is 11.6 Å². The van der Waals surface area contributed by atoms with Crippen molar-refractivity contribution in [2.24, 2.45) is 5.92 Å². The van der Waals surface area contributed by atoms with E-state index in [-0.39, 0.29) is 11.8 Å². The molecule has 0 fully saturated rings. The van der Waals surface area contributed by atoms with Gasteiger partial charge in [-0.05, 0) is 42.7 Å². The lowest BCUT2D eigenvalue weighted by Gasteiger charge is -2.24. The van der Waals surface area contributed by atoms with Gasteiger partial charge in [0.15, 0.2) is 0 Å². The number of fused-ring (bicyclic) bond motifs is 1. The number of hydrogen-bond acceptors (Lipinski definition) is 4. The number of hydrogen-bond donors (Lipinski definition) is 2. The van der Waals surface area contributed by atoms with Crippen LogP contribution in [0.1, 0.15) is 36.3 Å². The van der Waals surface area contributed by atoms with Gasteiger partial charge in [0.05, 0.1) is 22.5 Å². The van der Waals surface area contributed by atoms with Crippen molar-refractivity contribution in [1.29, 1.82) is 0 Å². The predicted octanol–water partition coefficient (Wildman–Crippen LogP) is 3.60. The molecule has 1 aromatic carbocycles. The molecule has 27 heavy (non-hydrogen) atoms. The van der Waals surface area contributed by atoms with E-state index in [2.05, 4.69) is 22.7 Å². The molecule has 0 saturated heterocycles. The maximum Gasteiger partial charge on any atom is 0.259 e. The summed E-state index contributed by atoms with van der Waals surface area (Å²) in [6.45, 7) is 4.95. The van der Waals surface area contributed by atoms with E-state index in [0.29, 0.717) is 28.7 Å². The summed E-state index contributed by atoms with van der Waals surface area (Å²) < 4.78 is 1.88. The van der Waals surface area contributed by atoms with E-state index < -0.39 is 0 Å². The number of amides is 2. The van der Waals surface area contributed by atoms with E-state index in [1.165, 1.54) is 6.92 Å². The van der Waals surface area contributed by atoms with Gasteiger partial charge in [0, 0.05) is 30.6 Å². The Morgan fingerprint density at radius 2 is 2.22 bits per heavy atom. The second kappa shape index (κ2) is 8.80. The Morgan fingerprint density at radius 1 is 1.41 bits per heavy atom. The number of nitrogens with zero attached hydrogens (tertiary/aromatic N) is 2. The quantitative estimate of drug-likeness (QED) is 0.718. The van der Waals surface area contributed by atoms with Gasteiger partial charge in [-0.2, -0.15) is 5.10 Å². The van der Waals surface area contributed by atoms with Gasteiger partial charge in [0.1, 0.15) is 0 Å². The molecule has 6 nitrogen and oxygen atoms in total. The highest BCUT2D eigenvalue weighted by Crippen LogP contribution is 2.30. The first-order valence-corrected chi connectivity index (χ1v) is 10.4. The van der Waals surface area contributed by atoms with Crippen molar-refractivity contribution in [2.45, 2.75) is 38.1 Å². The molecule has 1 atom stereocenters. The summed E-state index contributed by atoms with van der Waals surface area (Å²) >= 11 is 7.95. The Balaban J connectivity index is 1.71. The van der Waals surface area contributed by atoms with Gasteiger partial charge in [-0.3, -0.25) is 14.3 Å². The molecule has 2 N–H and O–H groups in total. The summed E-state index contributed by atoms with van der Waals surface area (Å²) in [6.07, 6.45) is 3.27. The van der Waals surface area contributed by atoms with Crippen LogP contribution in [0.2, 0.25) is 5.02 Å². The number of aryl methyl sites for hydroxylation is 1. The Labute approximate surface area is 168 Å². The fraction of sp³-hybridized carbons (Fsp3) is 0.421. The fourth-order valence-electron chi connectivity index (χ4n) is 3.20. The zero-order valence-electron chi connectivity index (χ0n) is 15.4. The van der Waals surface area contributed by atoms with Gasteiger partial charge in [-0.15, -0.1) is 11.8 Å². The van der Waals surface area contributed by atoms with Gasteiger partial charge in [-0.1, -0.05) is 18.5 Å². The monoisotopic (exact) mass is 406 g/mol. The third kappa shape index (κ3) is 4.84. The molecule has 1 aromatic heterocycles. The molecule has 3 rings (SSSR count). The van der Waals surface area contributed by atoms with Crippen LogP contribution in [-0.2, 0) is 17.8 Å². The number of nitrogens with one attached hydrogen (secondary N) is 2. The zero-order valence-corrected chi connectivity index (χ0v) is 17.0. The van der Waals surface area contributed by atoms with Crippen LogP contribution in [0.4, 0.5) is 5.69 Å². The standard InChI is InChI=1S/C19H23ClN4O2S/c1-3-27-18-5-4-14(9-16(18)20)23-19(26)15-11-22-24-7-6-13(8-17(15)24)10-21-12(2)25/h4-5,9,11,13H,3,6-8,10H2,1-2H3,(H,21,25)(H,23,26). The molecule has 0 bridgehead atoms. The first-order valence-electron chi connectivity index (χ1n) is 9.00. The minimum Gasteiger partial charge on any atom is -0.356 e. The molecule has 2 amide bonds. The van der Waals surface area contributed by atoms with E-state index in [1.807, 2.05) is 16.8 Å². The van der Waals surface area contributed by atoms with Crippen LogP contribution in [0.3, 0.4) is 0 Å². The van der Waals surface area contributed by atoms with E-state index in [0.717, 1.165) is 35.7 Å². The molecule has 8 heteroatoms. The van der Waals surface area contributed by atoms with E-state index in [9.17, 15) is 9.59 Å². The topological polar surface area (TPSA) is 76.0 Å². The first-order chi connectivity index (χ1) is 13.0. The average Bonchev–Trinajstić information content (AvgIpc) is 3.05. The molecular formula is C19H23ClN4O2S. The van der Waals surface area contributed by atoms with Crippen LogP contribution in [0.5, 0.6) is 0 Å². The first kappa shape index (κ1) is 19.8. The average molecular weight is 407 g/mol. The molecular weight excluding hydrogens is 384 g/mol. The van der Waals surface area contributed by atoms with Crippen molar-refractivity contribution in [2.75, 3.05) is 17.6 Å². The van der Waals surface area contributed by atoms with Crippen molar-refractivity contribution in [3.63, 3.8) is 0 Å². The number of thioether (sulfide) groups is 1. The highest BCUT2D eigenvalue weighted by atomic mass is 35.5. The van der Waals surface area contributed by atoms with Crippen LogP contribution in [-0.4, -0.2) is 33.9 Å². The summed E-state index contributed by atoms with van der Waals surface area (Å²) in [6, 6.07) is 5.55. The van der Waals surface area contributed by atoms with Crippen LogP contribution in [0.25, 0.3) is 0 Å². The van der Waals surface area contributed by atoms with Gasteiger partial charge in [0.25, 0.3) is 5.91 Å². The normalized spacial score (nSPS) is 15.9. The minimum absolute atomic E-state index is 0.0337. The number of carbonyl (C=O) groups is 2. The number of aromatic nitrogens is 2. The highest BCUT2D eigenvalue weighted by Gasteiger charge is 2.25. The van der Waals surface area contributed by atoms with Gasteiger partial charge in [-0.25, -0.2) is 0 Å². The summed E-state index contributed by atoms with van der Waals surface area (Å²) in [5.41, 5.74) is 2.15. The maximum atomic E-state index is 12.8. The summed E-state index contributed by atoms with van der Waals surface area (Å²) in [7, 11) is 0. The summed E-state index contributed by atoms with van der Waals surface area (Å²) in [5, 5.41) is 10.8. The summed E-state index contributed by atoms with van der Waals surface area (Å²) in [4.78, 5) is 24.9. The second-order valence-corrected chi connectivity index (χ2v) is 8.27. The Morgan fingerprint density at radius 3 is 2.93 bits per heavy atom. The zero-order chi connectivity index (χ0) is 19.4. The molecule has 0 saturated carbocycles. The lowest BCUT2D eigenvalue weighted by atomic mass is 9.94. The minimum atomic E-state index is -0.191. The van der Waals surface area contributed by atoms with Gasteiger partial charge >= 0.3 is 0 Å². The van der Waals surface area contributed by atoms with Crippen molar-refractivity contribution in [1.82, 2.24) is 15.1 Å². The number of benzene rings is 1. The molecule has 1 aliphatic heterocycles. The lowest BCUT2D eigenvalue weighted by Crippen LogP contribution is -2.32. The van der Waals surface area contributed by atoms with Crippen molar-refractivity contribution in [3.05, 3.63) is 40.7 Å². The van der Waals surface area contributed by atoms with E-state index >= 15 is 0 Å². The smallest absolute Gasteiger partial charge is 0.259 e. The molecule has 0 aliphatic carbocycles. The number of rotatable bonds is 6. The third-order valence-corrected chi connectivity index (χ3v) is 5.93. The Hall–Kier alpha value is -1.99. The van der Waals surface area contributed by atoms with Gasteiger partial charge in [0.2, 0.25) is 5.91 Å². The molecule has 2 heterocycles. The Kier molecular flexibility index (Phi) is 6.44.